The zero-order valence-corrected chi connectivity index (χ0v) is 15.0. The van der Waals surface area contributed by atoms with Crippen molar-refractivity contribution in [3.8, 4) is 0 Å². The summed E-state index contributed by atoms with van der Waals surface area (Å²) in [4.78, 5) is 13.6. The number of amides is 1. The number of carbonyl (C=O) groups excluding carboxylic acids is 1. The minimum atomic E-state index is -0.496. The van der Waals surface area contributed by atoms with Gasteiger partial charge >= 0.3 is 6.09 Å². The second kappa shape index (κ2) is 9.08. The SMILES string of the molecule is CCN(CCCNCc1c(F)cccc1Cl)C(=O)OC(C)(C)C. The van der Waals surface area contributed by atoms with E-state index in [1.165, 1.54) is 6.07 Å². The molecule has 0 saturated heterocycles. The van der Waals surface area contributed by atoms with Crippen LogP contribution < -0.4 is 5.32 Å². The van der Waals surface area contributed by atoms with E-state index in [4.69, 9.17) is 16.3 Å². The summed E-state index contributed by atoms with van der Waals surface area (Å²) < 4.78 is 19.0. The van der Waals surface area contributed by atoms with Gasteiger partial charge < -0.3 is 15.0 Å². The van der Waals surface area contributed by atoms with Crippen molar-refractivity contribution in [2.75, 3.05) is 19.6 Å². The molecular weight excluding hydrogens is 319 g/mol. The molecule has 0 spiro atoms. The van der Waals surface area contributed by atoms with Crippen molar-refractivity contribution in [3.63, 3.8) is 0 Å². The second-order valence-corrected chi connectivity index (χ2v) is 6.70. The first-order valence-electron chi connectivity index (χ1n) is 7.86. The fourth-order valence-electron chi connectivity index (χ4n) is 2.01. The lowest BCUT2D eigenvalue weighted by Gasteiger charge is -2.26. The Kier molecular flexibility index (Phi) is 7.79. The predicted octanol–water partition coefficient (Wildman–Crippen LogP) is 4.22. The molecule has 0 fully saturated rings. The van der Waals surface area contributed by atoms with Gasteiger partial charge in [0.15, 0.2) is 0 Å². The van der Waals surface area contributed by atoms with Gasteiger partial charge in [-0.05, 0) is 52.8 Å². The van der Waals surface area contributed by atoms with E-state index >= 15 is 0 Å². The second-order valence-electron chi connectivity index (χ2n) is 6.29. The summed E-state index contributed by atoms with van der Waals surface area (Å²) in [6.07, 6.45) is 0.441. The molecule has 6 heteroatoms. The monoisotopic (exact) mass is 344 g/mol. The highest BCUT2D eigenvalue weighted by Gasteiger charge is 2.20. The molecule has 1 amide bonds. The van der Waals surface area contributed by atoms with Crippen molar-refractivity contribution in [3.05, 3.63) is 34.6 Å². The Balaban J connectivity index is 2.34. The Morgan fingerprint density at radius 2 is 2.09 bits per heavy atom. The highest BCUT2D eigenvalue weighted by Crippen LogP contribution is 2.18. The average Bonchev–Trinajstić information content (AvgIpc) is 2.43. The van der Waals surface area contributed by atoms with E-state index in [1.54, 1.807) is 17.0 Å². The molecule has 1 rings (SSSR count). The number of carbonyl (C=O) groups is 1. The number of hydrogen-bond acceptors (Lipinski definition) is 3. The summed E-state index contributed by atoms with van der Waals surface area (Å²) in [5.74, 6) is -0.311. The van der Waals surface area contributed by atoms with E-state index in [0.29, 0.717) is 36.8 Å². The molecule has 0 aliphatic rings. The van der Waals surface area contributed by atoms with Gasteiger partial charge in [-0.1, -0.05) is 17.7 Å². The summed E-state index contributed by atoms with van der Waals surface area (Å²) in [5, 5.41) is 3.56. The van der Waals surface area contributed by atoms with Gasteiger partial charge in [-0.3, -0.25) is 0 Å². The van der Waals surface area contributed by atoms with Crippen molar-refractivity contribution in [1.82, 2.24) is 10.2 Å². The lowest BCUT2D eigenvalue weighted by atomic mass is 10.2. The Morgan fingerprint density at radius 1 is 1.39 bits per heavy atom. The summed E-state index contributed by atoms with van der Waals surface area (Å²) in [7, 11) is 0. The van der Waals surface area contributed by atoms with E-state index in [0.717, 1.165) is 6.42 Å². The summed E-state index contributed by atoms with van der Waals surface area (Å²) in [5.41, 5.74) is -0.0293. The van der Waals surface area contributed by atoms with Crippen LogP contribution in [0, 0.1) is 5.82 Å². The Hall–Kier alpha value is -1.33. The lowest BCUT2D eigenvalue weighted by molar-refractivity contribution is 0.0258. The quantitative estimate of drug-likeness (QED) is 0.753. The molecule has 0 unspecified atom stereocenters. The average molecular weight is 345 g/mol. The Bertz CT molecular complexity index is 498. The van der Waals surface area contributed by atoms with Crippen LogP contribution in [0.4, 0.5) is 9.18 Å². The third kappa shape index (κ3) is 7.18. The number of halogens is 2. The smallest absolute Gasteiger partial charge is 0.410 e. The summed E-state index contributed by atoms with van der Waals surface area (Å²) >= 11 is 5.97. The molecule has 0 aliphatic heterocycles. The number of nitrogens with one attached hydrogen (secondary N) is 1. The molecular formula is C17H26ClFN2O2. The molecule has 0 aromatic heterocycles. The highest BCUT2D eigenvalue weighted by atomic mass is 35.5. The van der Waals surface area contributed by atoms with Gasteiger partial charge in [-0.2, -0.15) is 0 Å². The number of benzene rings is 1. The Morgan fingerprint density at radius 3 is 2.65 bits per heavy atom. The van der Waals surface area contributed by atoms with Crippen LogP contribution in [0.25, 0.3) is 0 Å². The fourth-order valence-corrected chi connectivity index (χ4v) is 2.24. The molecule has 130 valence electrons. The van der Waals surface area contributed by atoms with Crippen LogP contribution in [0.3, 0.4) is 0 Å². The topological polar surface area (TPSA) is 41.6 Å². The van der Waals surface area contributed by atoms with Gasteiger partial charge in [-0.15, -0.1) is 0 Å². The van der Waals surface area contributed by atoms with E-state index in [-0.39, 0.29) is 11.9 Å². The van der Waals surface area contributed by atoms with Crippen molar-refractivity contribution < 1.29 is 13.9 Å². The molecule has 0 radical (unpaired) electrons. The molecule has 1 N–H and O–H groups in total. The predicted molar refractivity (Wildman–Crippen MR) is 91.2 cm³/mol. The van der Waals surface area contributed by atoms with Crippen LogP contribution in [0.15, 0.2) is 18.2 Å². The summed E-state index contributed by atoms with van der Waals surface area (Å²) in [6, 6.07) is 4.65. The van der Waals surface area contributed by atoms with E-state index in [9.17, 15) is 9.18 Å². The molecule has 0 bridgehead atoms. The number of ether oxygens (including phenoxy) is 1. The number of nitrogens with zero attached hydrogens (tertiary/aromatic N) is 1. The van der Waals surface area contributed by atoms with Crippen molar-refractivity contribution in [2.24, 2.45) is 0 Å². The zero-order chi connectivity index (χ0) is 17.5. The fraction of sp³-hybridized carbons (Fsp3) is 0.588. The van der Waals surface area contributed by atoms with E-state index in [2.05, 4.69) is 5.32 Å². The molecule has 1 aromatic carbocycles. The maximum atomic E-state index is 13.6. The molecule has 0 saturated carbocycles. The van der Waals surface area contributed by atoms with Crippen LogP contribution in [-0.2, 0) is 11.3 Å². The molecule has 0 heterocycles. The van der Waals surface area contributed by atoms with Crippen LogP contribution in [0.5, 0.6) is 0 Å². The molecule has 0 atom stereocenters. The lowest BCUT2D eigenvalue weighted by Crippen LogP contribution is -2.38. The van der Waals surface area contributed by atoms with Gasteiger partial charge in [0.05, 0.1) is 0 Å². The first-order valence-corrected chi connectivity index (χ1v) is 8.24. The number of rotatable bonds is 7. The van der Waals surface area contributed by atoms with Crippen LogP contribution in [-0.4, -0.2) is 36.2 Å². The highest BCUT2D eigenvalue weighted by molar-refractivity contribution is 6.31. The third-order valence-electron chi connectivity index (χ3n) is 3.18. The van der Waals surface area contributed by atoms with Gasteiger partial charge in [0.1, 0.15) is 11.4 Å². The molecule has 4 nitrogen and oxygen atoms in total. The van der Waals surface area contributed by atoms with Gasteiger partial charge in [0.2, 0.25) is 0 Å². The molecule has 23 heavy (non-hydrogen) atoms. The van der Waals surface area contributed by atoms with Crippen molar-refractivity contribution in [1.29, 1.82) is 0 Å². The zero-order valence-electron chi connectivity index (χ0n) is 14.3. The van der Waals surface area contributed by atoms with Crippen molar-refractivity contribution >= 4 is 17.7 Å². The first kappa shape index (κ1) is 19.7. The van der Waals surface area contributed by atoms with Gasteiger partial charge in [0, 0.05) is 30.2 Å². The maximum absolute atomic E-state index is 13.6. The van der Waals surface area contributed by atoms with E-state index in [1.807, 2.05) is 27.7 Å². The standard InChI is InChI=1S/C17H26ClFN2O2/c1-5-21(16(22)23-17(2,3)4)11-7-10-20-12-13-14(18)8-6-9-15(13)19/h6,8-9,20H,5,7,10-12H2,1-4H3. The maximum Gasteiger partial charge on any atom is 0.410 e. The van der Waals surface area contributed by atoms with Crippen LogP contribution in [0.1, 0.15) is 39.7 Å². The normalized spacial score (nSPS) is 11.4. The van der Waals surface area contributed by atoms with Crippen LogP contribution >= 0.6 is 11.6 Å². The third-order valence-corrected chi connectivity index (χ3v) is 3.53. The minimum absolute atomic E-state index is 0.308. The largest absolute Gasteiger partial charge is 0.444 e. The first-order chi connectivity index (χ1) is 10.7. The number of hydrogen-bond donors (Lipinski definition) is 1. The van der Waals surface area contributed by atoms with Gasteiger partial charge in [-0.25, -0.2) is 9.18 Å². The molecule has 0 aliphatic carbocycles. The Labute approximate surface area is 142 Å². The molecule has 1 aromatic rings. The van der Waals surface area contributed by atoms with Crippen LogP contribution in [0.2, 0.25) is 5.02 Å². The van der Waals surface area contributed by atoms with E-state index < -0.39 is 5.60 Å². The summed E-state index contributed by atoms with van der Waals surface area (Å²) in [6.45, 7) is 9.65. The minimum Gasteiger partial charge on any atom is -0.444 e. The van der Waals surface area contributed by atoms with Crippen molar-refractivity contribution in [2.45, 2.75) is 46.3 Å². The van der Waals surface area contributed by atoms with Gasteiger partial charge in [0.25, 0.3) is 0 Å².